The molecule has 5 nitrogen and oxygen atoms in total. The summed E-state index contributed by atoms with van der Waals surface area (Å²) in [5.74, 6) is 0. The van der Waals surface area contributed by atoms with Crippen LogP contribution in [0.1, 0.15) is 23.9 Å². The Morgan fingerprint density at radius 2 is 1.95 bits per heavy atom. The number of aryl methyl sites for hydroxylation is 2. The molecule has 0 fully saturated rings. The lowest BCUT2D eigenvalue weighted by Gasteiger charge is -2.26. The second kappa shape index (κ2) is 5.27. The molecule has 1 aromatic heterocycles. The molecule has 3 rings (SSSR count). The molecule has 0 saturated heterocycles. The summed E-state index contributed by atoms with van der Waals surface area (Å²) in [6, 6.07) is 7.17. The zero-order valence-corrected chi connectivity index (χ0v) is 13.1. The normalized spacial score (nSPS) is 15.9. The van der Waals surface area contributed by atoms with Gasteiger partial charge < -0.3 is 4.57 Å². The molecule has 0 unspecified atom stereocenters. The van der Waals surface area contributed by atoms with Crippen molar-refractivity contribution in [3.63, 3.8) is 0 Å². The van der Waals surface area contributed by atoms with Gasteiger partial charge in [-0.05, 0) is 24.1 Å². The molecule has 21 heavy (non-hydrogen) atoms. The minimum absolute atomic E-state index is 0.366. The van der Waals surface area contributed by atoms with E-state index in [1.807, 2.05) is 23.7 Å². The number of rotatable bonds is 3. The standard InChI is InChI=1S/C15H19N3O2S/c1-3-12-4-6-13(7-5-12)21(19,20)18-9-8-14-15(10-18)17(2)11-16-14/h4-7,11H,3,8-10H2,1-2H3. The molecule has 1 aliphatic rings. The Balaban J connectivity index is 1.90. The molecule has 1 aliphatic heterocycles. The average molecular weight is 305 g/mol. The molecule has 112 valence electrons. The van der Waals surface area contributed by atoms with Crippen molar-refractivity contribution in [2.24, 2.45) is 7.05 Å². The van der Waals surface area contributed by atoms with Crippen LogP contribution >= 0.6 is 0 Å². The van der Waals surface area contributed by atoms with Crippen molar-refractivity contribution in [3.05, 3.63) is 47.5 Å². The number of sulfonamides is 1. The topological polar surface area (TPSA) is 55.2 Å². The smallest absolute Gasteiger partial charge is 0.243 e. The lowest BCUT2D eigenvalue weighted by Crippen LogP contribution is -2.36. The van der Waals surface area contributed by atoms with Crippen LogP contribution in [0.5, 0.6) is 0 Å². The molecular formula is C15H19N3O2S. The van der Waals surface area contributed by atoms with Gasteiger partial charge in [-0.2, -0.15) is 4.31 Å². The summed E-state index contributed by atoms with van der Waals surface area (Å²) in [7, 11) is -1.53. The molecule has 0 aliphatic carbocycles. The van der Waals surface area contributed by atoms with Crippen LogP contribution in [0.2, 0.25) is 0 Å². The predicted octanol–water partition coefficient (Wildman–Crippen LogP) is 1.73. The molecule has 0 bridgehead atoms. The first-order valence-electron chi connectivity index (χ1n) is 7.10. The maximum absolute atomic E-state index is 12.7. The maximum atomic E-state index is 12.7. The van der Waals surface area contributed by atoms with Crippen LogP contribution in [-0.4, -0.2) is 28.8 Å². The third-order valence-corrected chi connectivity index (χ3v) is 5.90. The van der Waals surface area contributed by atoms with E-state index in [4.69, 9.17) is 0 Å². The molecule has 0 N–H and O–H groups in total. The van der Waals surface area contributed by atoms with E-state index in [9.17, 15) is 8.42 Å². The minimum atomic E-state index is -3.43. The van der Waals surface area contributed by atoms with Crippen LogP contribution in [0, 0.1) is 0 Å². The Morgan fingerprint density at radius 3 is 2.62 bits per heavy atom. The molecule has 0 atom stereocenters. The summed E-state index contributed by atoms with van der Waals surface area (Å²) in [4.78, 5) is 4.68. The van der Waals surface area contributed by atoms with Gasteiger partial charge in [0.1, 0.15) is 0 Å². The van der Waals surface area contributed by atoms with Crippen molar-refractivity contribution in [3.8, 4) is 0 Å². The van der Waals surface area contributed by atoms with E-state index in [2.05, 4.69) is 11.9 Å². The summed E-state index contributed by atoms with van der Waals surface area (Å²) >= 11 is 0. The summed E-state index contributed by atoms with van der Waals surface area (Å²) in [6.45, 7) is 2.93. The molecule has 1 aromatic carbocycles. The lowest BCUT2D eigenvalue weighted by atomic mass is 10.2. The van der Waals surface area contributed by atoms with Gasteiger partial charge in [0.25, 0.3) is 0 Å². The minimum Gasteiger partial charge on any atom is -0.336 e. The van der Waals surface area contributed by atoms with Gasteiger partial charge in [0.15, 0.2) is 0 Å². The van der Waals surface area contributed by atoms with Gasteiger partial charge in [0.2, 0.25) is 10.0 Å². The monoisotopic (exact) mass is 305 g/mol. The fourth-order valence-electron chi connectivity index (χ4n) is 2.64. The third-order valence-electron chi connectivity index (χ3n) is 4.04. The number of nitrogens with zero attached hydrogens (tertiary/aromatic N) is 3. The third kappa shape index (κ3) is 2.49. The van der Waals surface area contributed by atoms with Crippen LogP contribution < -0.4 is 0 Å². The van der Waals surface area contributed by atoms with Gasteiger partial charge in [-0.15, -0.1) is 0 Å². The Bertz CT molecular complexity index is 748. The van der Waals surface area contributed by atoms with Crippen LogP contribution in [0.4, 0.5) is 0 Å². The zero-order valence-electron chi connectivity index (χ0n) is 12.3. The van der Waals surface area contributed by atoms with Crippen molar-refractivity contribution in [2.75, 3.05) is 6.54 Å². The van der Waals surface area contributed by atoms with E-state index in [-0.39, 0.29) is 0 Å². The highest BCUT2D eigenvalue weighted by molar-refractivity contribution is 7.89. The van der Waals surface area contributed by atoms with E-state index in [0.717, 1.165) is 23.4 Å². The summed E-state index contributed by atoms with van der Waals surface area (Å²) in [5.41, 5.74) is 3.13. The maximum Gasteiger partial charge on any atom is 0.243 e. The highest BCUT2D eigenvalue weighted by Gasteiger charge is 2.30. The molecule has 0 amide bonds. The molecule has 2 heterocycles. The van der Waals surface area contributed by atoms with Crippen molar-refractivity contribution < 1.29 is 8.42 Å². The first-order valence-corrected chi connectivity index (χ1v) is 8.54. The quantitative estimate of drug-likeness (QED) is 0.868. The summed E-state index contributed by atoms with van der Waals surface area (Å²) in [6.07, 6.45) is 3.32. The Morgan fingerprint density at radius 1 is 1.24 bits per heavy atom. The predicted molar refractivity (Wildman–Crippen MR) is 80.3 cm³/mol. The highest BCUT2D eigenvalue weighted by Crippen LogP contribution is 2.24. The number of hydrogen-bond donors (Lipinski definition) is 0. The first-order chi connectivity index (χ1) is 10.0. The molecule has 2 aromatic rings. The Hall–Kier alpha value is -1.66. The largest absolute Gasteiger partial charge is 0.336 e. The number of imidazole rings is 1. The van der Waals surface area contributed by atoms with Gasteiger partial charge in [-0.25, -0.2) is 13.4 Å². The number of aromatic nitrogens is 2. The van der Waals surface area contributed by atoms with Crippen LogP contribution in [-0.2, 0) is 36.5 Å². The van der Waals surface area contributed by atoms with Gasteiger partial charge >= 0.3 is 0 Å². The number of benzene rings is 1. The zero-order chi connectivity index (χ0) is 15.0. The van der Waals surface area contributed by atoms with Crippen molar-refractivity contribution in [2.45, 2.75) is 31.2 Å². The molecular weight excluding hydrogens is 286 g/mol. The van der Waals surface area contributed by atoms with Crippen molar-refractivity contribution in [1.29, 1.82) is 0 Å². The van der Waals surface area contributed by atoms with Crippen LogP contribution in [0.25, 0.3) is 0 Å². The molecule has 6 heteroatoms. The summed E-state index contributed by atoms with van der Waals surface area (Å²) < 4.78 is 28.9. The Kier molecular flexibility index (Phi) is 3.59. The Labute approximate surface area is 125 Å². The van der Waals surface area contributed by atoms with Crippen molar-refractivity contribution >= 4 is 10.0 Å². The van der Waals surface area contributed by atoms with E-state index < -0.39 is 10.0 Å². The van der Waals surface area contributed by atoms with Gasteiger partial charge in [-0.1, -0.05) is 19.1 Å². The SMILES string of the molecule is CCc1ccc(S(=O)(=O)N2CCc3ncn(C)c3C2)cc1. The average Bonchev–Trinajstić information content (AvgIpc) is 2.88. The fourth-order valence-corrected chi connectivity index (χ4v) is 4.05. The second-order valence-electron chi connectivity index (χ2n) is 5.33. The van der Waals surface area contributed by atoms with Crippen molar-refractivity contribution in [1.82, 2.24) is 13.9 Å². The molecule has 0 radical (unpaired) electrons. The summed E-state index contributed by atoms with van der Waals surface area (Å²) in [5, 5.41) is 0. The second-order valence-corrected chi connectivity index (χ2v) is 7.27. The first kappa shape index (κ1) is 14.3. The molecule has 0 spiro atoms. The fraction of sp³-hybridized carbons (Fsp3) is 0.400. The highest BCUT2D eigenvalue weighted by atomic mass is 32.2. The van der Waals surface area contributed by atoms with Gasteiger partial charge in [0, 0.05) is 20.0 Å². The van der Waals surface area contributed by atoms with E-state index in [1.165, 1.54) is 4.31 Å². The number of hydrogen-bond acceptors (Lipinski definition) is 3. The van der Waals surface area contributed by atoms with Crippen LogP contribution in [0.3, 0.4) is 0 Å². The lowest BCUT2D eigenvalue weighted by molar-refractivity contribution is 0.380. The molecule has 0 saturated carbocycles. The number of fused-ring (bicyclic) bond motifs is 1. The van der Waals surface area contributed by atoms with Gasteiger partial charge in [0.05, 0.1) is 29.2 Å². The van der Waals surface area contributed by atoms with Crippen LogP contribution in [0.15, 0.2) is 35.5 Å². The van der Waals surface area contributed by atoms with E-state index >= 15 is 0 Å². The van der Waals surface area contributed by atoms with Gasteiger partial charge in [-0.3, -0.25) is 0 Å². The van der Waals surface area contributed by atoms with E-state index in [1.54, 1.807) is 18.5 Å². The van der Waals surface area contributed by atoms with E-state index in [0.29, 0.717) is 24.4 Å².